The minimum absolute atomic E-state index is 0.0799. The van der Waals surface area contributed by atoms with Gasteiger partial charge in [0.25, 0.3) is 23.6 Å². The van der Waals surface area contributed by atoms with Gasteiger partial charge in [-0.15, -0.1) is 0 Å². The highest BCUT2D eigenvalue weighted by Crippen LogP contribution is 2.37. The molecule has 0 aliphatic carbocycles. The zero-order valence-electron chi connectivity index (χ0n) is 17.0. The Labute approximate surface area is 177 Å². The first kappa shape index (κ1) is 19.0. The van der Waals surface area contributed by atoms with Crippen molar-refractivity contribution in [2.75, 3.05) is 20.2 Å². The molecule has 31 heavy (non-hydrogen) atoms. The number of carbonyl (C=O) groups excluding carboxylic acids is 4. The number of benzene rings is 3. The van der Waals surface area contributed by atoms with Crippen molar-refractivity contribution in [2.24, 2.45) is 0 Å². The molecule has 0 radical (unpaired) electrons. The van der Waals surface area contributed by atoms with E-state index in [0.29, 0.717) is 38.8 Å². The molecule has 4 amide bonds. The molecule has 7 heteroatoms. The Bertz CT molecular complexity index is 1240. The highest BCUT2D eigenvalue weighted by atomic mass is 16.5. The van der Waals surface area contributed by atoms with Crippen LogP contribution < -0.4 is 4.74 Å². The van der Waals surface area contributed by atoms with Crippen LogP contribution in [0.4, 0.5) is 0 Å². The summed E-state index contributed by atoms with van der Waals surface area (Å²) in [6.45, 7) is 2.20. The zero-order chi connectivity index (χ0) is 21.9. The fraction of sp³-hybridized carbons (Fsp3) is 0.167. The lowest BCUT2D eigenvalue weighted by Gasteiger charge is -2.30. The second-order valence-electron chi connectivity index (χ2n) is 7.66. The average molecular weight is 414 g/mol. The number of aryl methyl sites for hydroxylation is 1. The molecule has 2 heterocycles. The highest BCUT2D eigenvalue weighted by Gasteiger charge is 2.38. The molecule has 3 aromatic rings. The van der Waals surface area contributed by atoms with E-state index in [1.54, 1.807) is 24.3 Å². The minimum atomic E-state index is -0.465. The molecule has 0 N–H and O–H groups in total. The Hall–Kier alpha value is -4.00. The second kappa shape index (κ2) is 6.77. The topological polar surface area (TPSA) is 84.0 Å². The molecular formula is C24H18N2O5. The molecule has 7 nitrogen and oxygen atoms in total. The van der Waals surface area contributed by atoms with E-state index in [1.807, 2.05) is 31.2 Å². The number of ether oxygens (including phenoxy) is 1. The Morgan fingerprint density at radius 2 is 1.13 bits per heavy atom. The van der Waals surface area contributed by atoms with Crippen molar-refractivity contribution < 1.29 is 23.9 Å². The molecule has 2 aliphatic rings. The fourth-order valence-electron chi connectivity index (χ4n) is 4.14. The van der Waals surface area contributed by atoms with Gasteiger partial charge in [-0.2, -0.15) is 0 Å². The molecule has 0 saturated heterocycles. The quantitative estimate of drug-likeness (QED) is 0.613. The van der Waals surface area contributed by atoms with Crippen molar-refractivity contribution in [3.05, 3.63) is 76.3 Å². The Morgan fingerprint density at radius 1 is 0.677 bits per heavy atom. The van der Waals surface area contributed by atoms with Crippen LogP contribution in [-0.2, 0) is 0 Å². The number of hydrogen-bond acceptors (Lipinski definition) is 5. The predicted octanol–water partition coefficient (Wildman–Crippen LogP) is 3.05. The molecule has 0 bridgehead atoms. The summed E-state index contributed by atoms with van der Waals surface area (Å²) in [5.41, 5.74) is 2.34. The number of rotatable bonds is 4. The summed E-state index contributed by atoms with van der Waals surface area (Å²) < 4.78 is 5.69. The molecule has 2 aliphatic heterocycles. The summed E-state index contributed by atoms with van der Waals surface area (Å²) in [7, 11) is 1.42. The maximum atomic E-state index is 13.1. The van der Waals surface area contributed by atoms with Crippen molar-refractivity contribution in [3.8, 4) is 5.75 Å². The van der Waals surface area contributed by atoms with Gasteiger partial charge in [-0.1, -0.05) is 17.7 Å². The van der Waals surface area contributed by atoms with Crippen LogP contribution in [0, 0.1) is 6.92 Å². The maximum absolute atomic E-state index is 13.1. The van der Waals surface area contributed by atoms with Crippen LogP contribution in [0.15, 0.2) is 48.5 Å². The first-order chi connectivity index (χ1) is 14.9. The number of amides is 4. The maximum Gasteiger partial charge on any atom is 0.261 e. The molecule has 0 unspecified atom stereocenters. The van der Waals surface area contributed by atoms with E-state index >= 15 is 0 Å². The fourth-order valence-corrected chi connectivity index (χ4v) is 4.14. The number of hydrogen-bond donors (Lipinski definition) is 0. The molecule has 0 fully saturated rings. The van der Waals surface area contributed by atoms with Gasteiger partial charge in [0.1, 0.15) is 12.4 Å². The highest BCUT2D eigenvalue weighted by molar-refractivity contribution is 6.33. The Balaban J connectivity index is 1.50. The van der Waals surface area contributed by atoms with E-state index in [0.717, 1.165) is 15.4 Å². The number of imide groups is 2. The Kier molecular flexibility index (Phi) is 4.15. The van der Waals surface area contributed by atoms with Gasteiger partial charge >= 0.3 is 0 Å². The van der Waals surface area contributed by atoms with Gasteiger partial charge in [-0.25, -0.2) is 0 Å². The van der Waals surface area contributed by atoms with Gasteiger partial charge in [0.05, 0.1) is 6.54 Å². The summed E-state index contributed by atoms with van der Waals surface area (Å²) in [5, 5.41) is 0.746. The summed E-state index contributed by atoms with van der Waals surface area (Å²) in [5.74, 6) is -1.17. The minimum Gasteiger partial charge on any atom is -0.492 e. The van der Waals surface area contributed by atoms with E-state index in [2.05, 4.69) is 0 Å². The third kappa shape index (κ3) is 2.73. The normalized spacial score (nSPS) is 15.2. The van der Waals surface area contributed by atoms with Crippen LogP contribution >= 0.6 is 0 Å². The van der Waals surface area contributed by atoms with Crippen molar-refractivity contribution in [2.45, 2.75) is 6.92 Å². The molecule has 3 aromatic carbocycles. The van der Waals surface area contributed by atoms with Crippen LogP contribution in [0.2, 0.25) is 0 Å². The van der Waals surface area contributed by atoms with Crippen molar-refractivity contribution in [1.29, 1.82) is 0 Å². The molecule has 154 valence electrons. The van der Waals surface area contributed by atoms with E-state index in [1.165, 1.54) is 7.05 Å². The lowest BCUT2D eigenvalue weighted by Crippen LogP contribution is -2.43. The summed E-state index contributed by atoms with van der Waals surface area (Å²) >= 11 is 0. The van der Waals surface area contributed by atoms with Gasteiger partial charge in [-0.3, -0.25) is 29.0 Å². The zero-order valence-corrected chi connectivity index (χ0v) is 17.0. The number of carbonyl (C=O) groups is 4. The largest absolute Gasteiger partial charge is 0.492 e. The van der Waals surface area contributed by atoms with Crippen molar-refractivity contribution in [1.82, 2.24) is 9.80 Å². The van der Waals surface area contributed by atoms with Gasteiger partial charge in [0.2, 0.25) is 0 Å². The molecule has 5 rings (SSSR count). The lowest BCUT2D eigenvalue weighted by molar-refractivity contribution is 0.0581. The smallest absolute Gasteiger partial charge is 0.261 e. The van der Waals surface area contributed by atoms with Crippen molar-refractivity contribution >= 4 is 34.4 Å². The number of nitrogens with zero attached hydrogens (tertiary/aromatic N) is 2. The van der Waals surface area contributed by atoms with E-state index in [-0.39, 0.29) is 13.2 Å². The van der Waals surface area contributed by atoms with Gasteiger partial charge < -0.3 is 4.74 Å². The lowest BCUT2D eigenvalue weighted by atomic mass is 9.86. The summed E-state index contributed by atoms with van der Waals surface area (Å²) in [6.07, 6.45) is 0. The molecule has 0 aromatic heterocycles. The summed E-state index contributed by atoms with van der Waals surface area (Å²) in [6, 6.07) is 13.7. The van der Waals surface area contributed by atoms with E-state index in [9.17, 15) is 19.2 Å². The monoisotopic (exact) mass is 414 g/mol. The van der Waals surface area contributed by atoms with Crippen LogP contribution in [0.3, 0.4) is 0 Å². The Morgan fingerprint density at radius 3 is 1.61 bits per heavy atom. The van der Waals surface area contributed by atoms with Gasteiger partial charge in [-0.05, 0) is 43.3 Å². The van der Waals surface area contributed by atoms with Crippen LogP contribution in [0.5, 0.6) is 5.75 Å². The van der Waals surface area contributed by atoms with Gasteiger partial charge in [0.15, 0.2) is 0 Å². The molecule has 0 saturated carbocycles. The first-order valence-electron chi connectivity index (χ1n) is 9.86. The first-order valence-corrected chi connectivity index (χ1v) is 9.86. The SMILES string of the molecule is Cc1ccc(OCCN2C(=O)c3ccc4c5c(ccc(c35)C2=O)C(=O)N(C)C4=O)cc1. The van der Waals surface area contributed by atoms with Crippen LogP contribution in [0.25, 0.3) is 10.8 Å². The van der Waals surface area contributed by atoms with E-state index < -0.39 is 23.6 Å². The molecule has 0 atom stereocenters. The van der Waals surface area contributed by atoms with Crippen LogP contribution in [-0.4, -0.2) is 53.6 Å². The molecular weight excluding hydrogens is 396 g/mol. The third-order valence-corrected chi connectivity index (χ3v) is 5.79. The van der Waals surface area contributed by atoms with Crippen molar-refractivity contribution in [3.63, 3.8) is 0 Å². The average Bonchev–Trinajstić information content (AvgIpc) is 2.78. The third-order valence-electron chi connectivity index (χ3n) is 5.79. The predicted molar refractivity (Wildman–Crippen MR) is 112 cm³/mol. The molecule has 0 spiro atoms. The van der Waals surface area contributed by atoms with Crippen LogP contribution in [0.1, 0.15) is 47.0 Å². The second-order valence-corrected chi connectivity index (χ2v) is 7.66. The summed E-state index contributed by atoms with van der Waals surface area (Å²) in [4.78, 5) is 53.6. The van der Waals surface area contributed by atoms with E-state index in [4.69, 9.17) is 4.74 Å². The van der Waals surface area contributed by atoms with Gasteiger partial charge in [0, 0.05) is 40.1 Å². The standard InChI is InChI=1S/C24H18N2O5/c1-13-3-5-14(6-4-13)31-12-11-26-23(29)17-9-7-15-19-16(22(28)25(2)21(15)27)8-10-18(20(17)19)24(26)30/h3-10H,11-12H2,1-2H3.